The molecule has 1 heterocycles. The van der Waals surface area contributed by atoms with E-state index in [4.69, 9.17) is 10.00 Å². The molecule has 1 fully saturated rings. The number of piperazine rings is 1. The Bertz CT molecular complexity index is 847. The summed E-state index contributed by atoms with van der Waals surface area (Å²) in [7, 11) is 0. The summed E-state index contributed by atoms with van der Waals surface area (Å²) >= 11 is 0.742. The van der Waals surface area contributed by atoms with Crippen molar-refractivity contribution in [3.05, 3.63) is 65.2 Å². The molecule has 3 rings (SSSR count). The van der Waals surface area contributed by atoms with Gasteiger partial charge in [0.15, 0.2) is 0 Å². The highest BCUT2D eigenvalue weighted by Gasteiger charge is 2.34. The molecule has 0 radical (unpaired) electrons. The maximum atomic E-state index is 13.4. The number of alkyl halides is 3. The van der Waals surface area contributed by atoms with Crippen molar-refractivity contribution in [2.45, 2.75) is 24.2 Å². The van der Waals surface area contributed by atoms with Crippen LogP contribution in [0.1, 0.15) is 16.7 Å². The maximum Gasteiger partial charge on any atom is 0.416 e. The van der Waals surface area contributed by atoms with Crippen molar-refractivity contribution in [1.29, 1.82) is 5.26 Å². The van der Waals surface area contributed by atoms with Gasteiger partial charge >= 0.3 is 6.18 Å². The molecule has 0 bridgehead atoms. The van der Waals surface area contributed by atoms with Crippen LogP contribution in [0, 0.1) is 10.7 Å². The standard InChI is InChI=1S/C22H24F3N3OS/c23-22(24,25)21-14-20(30-17-26)7-6-19(21)15-28-10-8-27(9-11-28)12-13-29-16-18-4-2-1-3-5-18/h1-7,14H,8-13,15-16H2. The topological polar surface area (TPSA) is 39.5 Å². The van der Waals surface area contributed by atoms with Crippen molar-refractivity contribution in [3.63, 3.8) is 0 Å². The molecule has 160 valence electrons. The lowest BCUT2D eigenvalue weighted by Crippen LogP contribution is -2.46. The second kappa shape index (κ2) is 10.8. The van der Waals surface area contributed by atoms with E-state index in [9.17, 15) is 13.2 Å². The summed E-state index contributed by atoms with van der Waals surface area (Å²) in [5.74, 6) is 0. The fraction of sp³-hybridized carbons (Fsp3) is 0.409. The molecule has 2 aromatic carbocycles. The summed E-state index contributed by atoms with van der Waals surface area (Å²) < 4.78 is 46.1. The molecule has 4 nitrogen and oxygen atoms in total. The Morgan fingerprint density at radius 3 is 2.37 bits per heavy atom. The van der Waals surface area contributed by atoms with Gasteiger partial charge in [0.2, 0.25) is 0 Å². The SMILES string of the molecule is N#CSc1ccc(CN2CCN(CCOCc3ccccc3)CC2)c(C(F)(F)F)c1. The van der Waals surface area contributed by atoms with E-state index in [2.05, 4.69) is 4.90 Å². The van der Waals surface area contributed by atoms with Crippen LogP contribution >= 0.6 is 11.8 Å². The first-order valence-electron chi connectivity index (χ1n) is 9.78. The lowest BCUT2D eigenvalue weighted by molar-refractivity contribution is -0.138. The fourth-order valence-corrected chi connectivity index (χ4v) is 3.86. The highest BCUT2D eigenvalue weighted by atomic mass is 32.2. The number of ether oxygens (including phenoxy) is 1. The Morgan fingerprint density at radius 2 is 1.70 bits per heavy atom. The van der Waals surface area contributed by atoms with Gasteiger partial charge < -0.3 is 4.74 Å². The van der Waals surface area contributed by atoms with Gasteiger partial charge in [0.25, 0.3) is 0 Å². The predicted octanol–water partition coefficient (Wildman–Crippen LogP) is 4.61. The summed E-state index contributed by atoms with van der Waals surface area (Å²) in [6.07, 6.45) is -4.43. The molecule has 0 aliphatic carbocycles. The van der Waals surface area contributed by atoms with E-state index in [1.165, 1.54) is 6.07 Å². The minimum absolute atomic E-state index is 0.254. The predicted molar refractivity (Wildman–Crippen MR) is 111 cm³/mol. The van der Waals surface area contributed by atoms with Crippen LogP contribution < -0.4 is 0 Å². The van der Waals surface area contributed by atoms with Crippen LogP contribution in [0.5, 0.6) is 0 Å². The third kappa shape index (κ3) is 6.74. The van der Waals surface area contributed by atoms with E-state index in [1.54, 1.807) is 6.07 Å². The van der Waals surface area contributed by atoms with E-state index < -0.39 is 11.7 Å². The number of rotatable bonds is 8. The van der Waals surface area contributed by atoms with Crippen molar-refractivity contribution in [1.82, 2.24) is 9.80 Å². The number of nitrogens with zero attached hydrogens (tertiary/aromatic N) is 3. The Labute approximate surface area is 179 Å². The van der Waals surface area contributed by atoms with Gasteiger partial charge in [-0.05, 0) is 35.0 Å². The van der Waals surface area contributed by atoms with Crippen molar-refractivity contribution < 1.29 is 17.9 Å². The summed E-state index contributed by atoms with van der Waals surface area (Å²) in [4.78, 5) is 4.64. The highest BCUT2D eigenvalue weighted by molar-refractivity contribution is 8.03. The Morgan fingerprint density at radius 1 is 1.00 bits per heavy atom. The molecule has 1 saturated heterocycles. The van der Waals surface area contributed by atoms with Gasteiger partial charge in [0, 0.05) is 44.2 Å². The van der Waals surface area contributed by atoms with Crippen molar-refractivity contribution in [3.8, 4) is 5.40 Å². The van der Waals surface area contributed by atoms with Gasteiger partial charge in [-0.3, -0.25) is 9.80 Å². The van der Waals surface area contributed by atoms with Crippen LogP contribution in [0.2, 0.25) is 0 Å². The number of thioether (sulfide) groups is 1. The Kier molecular flexibility index (Phi) is 8.16. The number of halogens is 3. The molecular weight excluding hydrogens is 411 g/mol. The number of benzene rings is 2. The van der Waals surface area contributed by atoms with Gasteiger partial charge in [-0.1, -0.05) is 36.4 Å². The summed E-state index contributed by atoms with van der Waals surface area (Å²) in [6.45, 7) is 5.32. The lowest BCUT2D eigenvalue weighted by atomic mass is 10.1. The zero-order valence-electron chi connectivity index (χ0n) is 16.6. The average molecular weight is 436 g/mol. The molecule has 30 heavy (non-hydrogen) atoms. The molecule has 0 saturated carbocycles. The molecule has 0 atom stereocenters. The van der Waals surface area contributed by atoms with Crippen LogP contribution in [0.15, 0.2) is 53.4 Å². The van der Waals surface area contributed by atoms with E-state index in [0.717, 1.165) is 43.0 Å². The first-order valence-corrected chi connectivity index (χ1v) is 10.6. The van der Waals surface area contributed by atoms with Gasteiger partial charge in [-0.25, -0.2) is 0 Å². The molecule has 0 unspecified atom stereocenters. The number of nitriles is 1. The zero-order valence-corrected chi connectivity index (χ0v) is 17.4. The normalized spacial score (nSPS) is 15.8. The summed E-state index contributed by atoms with van der Waals surface area (Å²) in [5, 5.41) is 10.5. The monoisotopic (exact) mass is 435 g/mol. The molecule has 1 aliphatic rings. The zero-order chi connectivity index (χ0) is 21.4. The van der Waals surface area contributed by atoms with E-state index in [-0.39, 0.29) is 12.1 Å². The smallest absolute Gasteiger partial charge is 0.375 e. The van der Waals surface area contributed by atoms with Crippen LogP contribution in [0.25, 0.3) is 0 Å². The largest absolute Gasteiger partial charge is 0.416 e. The van der Waals surface area contributed by atoms with Crippen LogP contribution in [0.3, 0.4) is 0 Å². The molecule has 0 aromatic heterocycles. The Balaban J connectivity index is 1.46. The van der Waals surface area contributed by atoms with Gasteiger partial charge in [-0.15, -0.1) is 0 Å². The van der Waals surface area contributed by atoms with Gasteiger partial charge in [0.05, 0.1) is 18.8 Å². The number of thiocyanates is 1. The van der Waals surface area contributed by atoms with Crippen LogP contribution in [0.4, 0.5) is 13.2 Å². The first-order chi connectivity index (χ1) is 14.5. The lowest BCUT2D eigenvalue weighted by Gasteiger charge is -2.35. The number of hydrogen-bond donors (Lipinski definition) is 0. The van der Waals surface area contributed by atoms with E-state index >= 15 is 0 Å². The van der Waals surface area contributed by atoms with E-state index in [0.29, 0.717) is 31.2 Å². The molecular formula is C22H24F3N3OS. The summed E-state index contributed by atoms with van der Waals surface area (Å²) in [6, 6.07) is 14.1. The molecule has 1 aliphatic heterocycles. The highest BCUT2D eigenvalue weighted by Crippen LogP contribution is 2.35. The minimum Gasteiger partial charge on any atom is -0.375 e. The molecule has 0 spiro atoms. The third-order valence-corrected chi connectivity index (χ3v) is 5.65. The quantitative estimate of drug-likeness (QED) is 0.344. The van der Waals surface area contributed by atoms with Crippen molar-refractivity contribution >= 4 is 11.8 Å². The Hall–Kier alpha value is -2.05. The number of hydrogen-bond acceptors (Lipinski definition) is 5. The van der Waals surface area contributed by atoms with E-state index in [1.807, 2.05) is 40.6 Å². The minimum atomic E-state index is -4.43. The van der Waals surface area contributed by atoms with Gasteiger partial charge in [0.1, 0.15) is 5.40 Å². The van der Waals surface area contributed by atoms with Crippen molar-refractivity contribution in [2.75, 3.05) is 39.3 Å². The average Bonchev–Trinajstić information content (AvgIpc) is 2.74. The summed E-state index contributed by atoms with van der Waals surface area (Å²) in [5.41, 5.74) is 0.742. The molecule has 8 heteroatoms. The second-order valence-corrected chi connectivity index (χ2v) is 8.02. The molecule has 0 N–H and O–H groups in total. The third-order valence-electron chi connectivity index (χ3n) is 5.07. The van der Waals surface area contributed by atoms with Crippen LogP contribution in [-0.2, 0) is 24.1 Å². The van der Waals surface area contributed by atoms with Crippen LogP contribution in [-0.4, -0.2) is 49.1 Å². The molecule has 2 aromatic rings. The van der Waals surface area contributed by atoms with Crippen molar-refractivity contribution in [2.24, 2.45) is 0 Å². The second-order valence-electron chi connectivity index (χ2n) is 7.17. The maximum absolute atomic E-state index is 13.4. The first kappa shape index (κ1) is 22.6. The van der Waals surface area contributed by atoms with Gasteiger partial charge in [-0.2, -0.15) is 18.4 Å². The molecule has 0 amide bonds. The fourth-order valence-electron chi connectivity index (χ4n) is 3.44.